The zero-order valence-corrected chi connectivity index (χ0v) is 13.6. The Bertz CT molecular complexity index is 523. The topological polar surface area (TPSA) is 86.7 Å². The second-order valence-electron chi connectivity index (χ2n) is 7.47. The average molecular weight is 338 g/mol. The van der Waals surface area contributed by atoms with Crippen LogP contribution in [0.25, 0.3) is 0 Å². The van der Waals surface area contributed by atoms with Gasteiger partial charge in [-0.3, -0.25) is 9.59 Å². The molecule has 0 radical (unpaired) electrons. The number of nitrogens with one attached hydrogen (secondary N) is 1. The summed E-state index contributed by atoms with van der Waals surface area (Å²) in [6.45, 7) is 7.87. The molecular formula is C14H21F3N2O4. The highest BCUT2D eigenvalue weighted by Crippen LogP contribution is 2.39. The van der Waals surface area contributed by atoms with Crippen molar-refractivity contribution in [3.63, 3.8) is 0 Å². The molecule has 1 heterocycles. The lowest BCUT2D eigenvalue weighted by atomic mass is 9.73. The van der Waals surface area contributed by atoms with E-state index in [1.807, 2.05) is 0 Å². The predicted molar refractivity (Wildman–Crippen MR) is 74.4 cm³/mol. The minimum atomic E-state index is -5.12. The molecule has 2 N–H and O–H groups in total. The maximum absolute atomic E-state index is 12.5. The van der Waals surface area contributed by atoms with Gasteiger partial charge < -0.3 is 15.3 Å². The van der Waals surface area contributed by atoms with Gasteiger partial charge in [-0.15, -0.1) is 0 Å². The lowest BCUT2D eigenvalue weighted by molar-refractivity contribution is -0.180. The Hall–Kier alpha value is -1.80. The summed E-state index contributed by atoms with van der Waals surface area (Å²) in [6.07, 6.45) is -5.12. The smallest absolute Gasteiger partial charge is 0.471 e. The second kappa shape index (κ2) is 5.68. The average Bonchev–Trinajstić information content (AvgIpc) is 2.28. The molecule has 9 heteroatoms. The van der Waals surface area contributed by atoms with E-state index in [2.05, 4.69) is 0 Å². The van der Waals surface area contributed by atoms with Crippen molar-refractivity contribution in [3.8, 4) is 0 Å². The minimum absolute atomic E-state index is 0.0945. The third-order valence-corrected chi connectivity index (χ3v) is 3.79. The van der Waals surface area contributed by atoms with Crippen molar-refractivity contribution < 1.29 is 32.7 Å². The van der Waals surface area contributed by atoms with E-state index in [-0.39, 0.29) is 6.54 Å². The van der Waals surface area contributed by atoms with Crippen LogP contribution in [0, 0.1) is 10.8 Å². The van der Waals surface area contributed by atoms with Crippen molar-refractivity contribution in [1.82, 2.24) is 10.2 Å². The van der Waals surface area contributed by atoms with Gasteiger partial charge in [0.05, 0.1) is 0 Å². The number of alkyl halides is 3. The van der Waals surface area contributed by atoms with Crippen molar-refractivity contribution >= 4 is 17.8 Å². The Morgan fingerprint density at radius 3 is 2.00 bits per heavy atom. The fraction of sp³-hybridized carbons (Fsp3) is 0.786. The Morgan fingerprint density at radius 1 is 1.22 bits per heavy atom. The third-order valence-electron chi connectivity index (χ3n) is 3.79. The van der Waals surface area contributed by atoms with Crippen LogP contribution in [0.15, 0.2) is 0 Å². The van der Waals surface area contributed by atoms with E-state index in [1.54, 1.807) is 19.2 Å². The molecule has 6 nitrogen and oxygen atoms in total. The van der Waals surface area contributed by atoms with Crippen LogP contribution in [-0.4, -0.2) is 52.6 Å². The number of carbonyl (C=O) groups is 3. The summed E-state index contributed by atoms with van der Waals surface area (Å²) in [7, 11) is 0. The molecule has 2 atom stereocenters. The van der Waals surface area contributed by atoms with Crippen LogP contribution in [0.5, 0.6) is 0 Å². The molecule has 1 saturated heterocycles. The lowest BCUT2D eigenvalue weighted by Gasteiger charge is -2.53. The van der Waals surface area contributed by atoms with Gasteiger partial charge in [0.25, 0.3) is 0 Å². The molecule has 0 aliphatic carbocycles. The fourth-order valence-corrected chi connectivity index (χ4v) is 2.63. The van der Waals surface area contributed by atoms with Crippen molar-refractivity contribution in [3.05, 3.63) is 0 Å². The molecule has 23 heavy (non-hydrogen) atoms. The first kappa shape index (κ1) is 19.2. The number of carboxylic acid groups (broad SMARTS) is 1. The van der Waals surface area contributed by atoms with Crippen LogP contribution in [0.2, 0.25) is 0 Å². The van der Waals surface area contributed by atoms with Crippen molar-refractivity contribution in [2.75, 3.05) is 6.54 Å². The maximum atomic E-state index is 12.5. The molecule has 1 aliphatic rings. The highest BCUT2D eigenvalue weighted by molar-refractivity contribution is 5.93. The van der Waals surface area contributed by atoms with Gasteiger partial charge in [-0.25, -0.2) is 4.79 Å². The molecule has 0 spiro atoms. The highest BCUT2D eigenvalue weighted by atomic mass is 19.4. The number of aliphatic carboxylic acids is 1. The van der Waals surface area contributed by atoms with Crippen LogP contribution >= 0.6 is 0 Å². The summed E-state index contributed by atoms with van der Waals surface area (Å²) < 4.78 is 37.4. The molecule has 0 aromatic carbocycles. The van der Waals surface area contributed by atoms with E-state index in [9.17, 15) is 32.7 Å². The molecule has 2 amide bonds. The number of likely N-dealkylation sites (tertiary alicyclic amines) is 1. The number of halogens is 3. The SMILES string of the molecule is CC(C)(C)[C@H](NC(=O)C(F)(F)F)C(=O)N1CC(C)(C)[C@H]1C(=O)O. The zero-order valence-electron chi connectivity index (χ0n) is 13.6. The van der Waals surface area contributed by atoms with Crippen molar-refractivity contribution in [1.29, 1.82) is 0 Å². The number of amides is 2. The number of carboxylic acids is 1. The van der Waals surface area contributed by atoms with Crippen molar-refractivity contribution in [2.24, 2.45) is 10.8 Å². The molecule has 0 unspecified atom stereocenters. The van der Waals surface area contributed by atoms with Crippen molar-refractivity contribution in [2.45, 2.75) is 52.9 Å². The van der Waals surface area contributed by atoms with Gasteiger partial charge in [0.15, 0.2) is 0 Å². The first-order valence-electron chi connectivity index (χ1n) is 7.00. The predicted octanol–water partition coefficient (Wildman–Crippen LogP) is 1.40. The molecular weight excluding hydrogens is 317 g/mol. The maximum Gasteiger partial charge on any atom is 0.471 e. The lowest BCUT2D eigenvalue weighted by Crippen LogP contribution is -2.71. The normalized spacial score (nSPS) is 22.1. The van der Waals surface area contributed by atoms with Gasteiger partial charge in [0, 0.05) is 12.0 Å². The van der Waals surface area contributed by atoms with Gasteiger partial charge >= 0.3 is 18.1 Å². The van der Waals surface area contributed by atoms with Crippen LogP contribution in [0.1, 0.15) is 34.6 Å². The number of hydrogen-bond acceptors (Lipinski definition) is 3. The van der Waals surface area contributed by atoms with Gasteiger partial charge in [0.1, 0.15) is 12.1 Å². The number of nitrogens with zero attached hydrogens (tertiary/aromatic N) is 1. The quantitative estimate of drug-likeness (QED) is 0.814. The van der Waals surface area contributed by atoms with E-state index >= 15 is 0 Å². The van der Waals surface area contributed by atoms with Gasteiger partial charge in [-0.2, -0.15) is 13.2 Å². The Labute approximate surface area is 132 Å². The molecule has 0 saturated carbocycles. The highest BCUT2D eigenvalue weighted by Gasteiger charge is 2.55. The first-order valence-corrected chi connectivity index (χ1v) is 7.00. The standard InChI is InChI=1S/C14H21F3N2O4/c1-12(2,3)7(18-11(23)14(15,16)17)9(20)19-6-13(4,5)8(19)10(21)22/h7-8H,6H2,1-5H3,(H,18,23)(H,21,22)/t7-,8-/m1/s1. The zero-order chi connectivity index (χ0) is 18.4. The number of hydrogen-bond donors (Lipinski definition) is 2. The number of rotatable bonds is 3. The second-order valence-corrected chi connectivity index (χ2v) is 7.47. The third kappa shape index (κ3) is 3.94. The Kier molecular flexibility index (Phi) is 4.76. The van der Waals surface area contributed by atoms with E-state index in [4.69, 9.17) is 0 Å². The molecule has 1 fully saturated rings. The van der Waals surface area contributed by atoms with Gasteiger partial charge in [0.2, 0.25) is 5.91 Å². The number of carbonyl (C=O) groups excluding carboxylic acids is 2. The van der Waals surface area contributed by atoms with Crippen LogP contribution < -0.4 is 5.32 Å². The van der Waals surface area contributed by atoms with E-state index in [0.717, 1.165) is 4.90 Å². The largest absolute Gasteiger partial charge is 0.480 e. The molecule has 0 aromatic heterocycles. The van der Waals surface area contributed by atoms with Crippen LogP contribution in [-0.2, 0) is 14.4 Å². The van der Waals surface area contributed by atoms with Gasteiger partial charge in [-0.05, 0) is 5.41 Å². The summed E-state index contributed by atoms with van der Waals surface area (Å²) in [6, 6.07) is -2.61. The molecule has 1 rings (SSSR count). The monoisotopic (exact) mass is 338 g/mol. The van der Waals surface area contributed by atoms with Gasteiger partial charge in [-0.1, -0.05) is 34.6 Å². The fourth-order valence-electron chi connectivity index (χ4n) is 2.63. The van der Waals surface area contributed by atoms with Crippen LogP contribution in [0.3, 0.4) is 0 Å². The summed E-state index contributed by atoms with van der Waals surface area (Å²) in [5.74, 6) is -4.29. The van der Waals surface area contributed by atoms with E-state index in [0.29, 0.717) is 0 Å². The molecule has 1 aliphatic heterocycles. The Morgan fingerprint density at radius 2 is 1.70 bits per heavy atom. The van der Waals surface area contributed by atoms with E-state index < -0.39 is 46.9 Å². The molecule has 132 valence electrons. The van der Waals surface area contributed by atoms with Crippen LogP contribution in [0.4, 0.5) is 13.2 Å². The summed E-state index contributed by atoms with van der Waals surface area (Å²) >= 11 is 0. The summed E-state index contributed by atoms with van der Waals surface area (Å²) in [5.41, 5.74) is -1.70. The molecule has 0 bridgehead atoms. The first-order chi connectivity index (χ1) is 10.1. The summed E-state index contributed by atoms with van der Waals surface area (Å²) in [4.78, 5) is 36.0. The Balaban J connectivity index is 3.04. The van der Waals surface area contributed by atoms with E-state index in [1.165, 1.54) is 20.8 Å². The summed E-state index contributed by atoms with van der Waals surface area (Å²) in [5, 5.41) is 10.9. The molecule has 0 aromatic rings. The minimum Gasteiger partial charge on any atom is -0.480 e.